The number of amides is 4. The standard InChI is InChI=1S/C24H34FN5O4/c1-17(31)26-15-20-16-30(24(33)34-20)19-8-9-22(21(25)14-19)28-10-12-29(13-11-28)23(32)27-18-6-4-2-3-5-7-18/h8-9,14,18,20H,2-7,10-13,15-16H2,1H3,(H,26,31)(H,27,32)/t20-/m0/s1. The highest BCUT2D eigenvalue weighted by atomic mass is 19.1. The number of benzene rings is 1. The molecule has 3 fully saturated rings. The monoisotopic (exact) mass is 475 g/mol. The molecule has 1 aliphatic carbocycles. The van der Waals surface area contributed by atoms with E-state index in [2.05, 4.69) is 10.6 Å². The van der Waals surface area contributed by atoms with Crippen molar-refractivity contribution < 1.29 is 23.5 Å². The van der Waals surface area contributed by atoms with Crippen molar-refractivity contribution in [3.8, 4) is 0 Å². The first-order valence-corrected chi connectivity index (χ1v) is 12.2. The van der Waals surface area contributed by atoms with E-state index < -0.39 is 18.0 Å². The van der Waals surface area contributed by atoms with Crippen LogP contribution >= 0.6 is 0 Å². The van der Waals surface area contributed by atoms with Gasteiger partial charge in [0.25, 0.3) is 0 Å². The van der Waals surface area contributed by atoms with Crippen molar-refractivity contribution in [3.63, 3.8) is 0 Å². The van der Waals surface area contributed by atoms with Gasteiger partial charge in [-0.2, -0.15) is 0 Å². The Balaban J connectivity index is 1.30. The van der Waals surface area contributed by atoms with E-state index in [0.29, 0.717) is 37.6 Å². The lowest BCUT2D eigenvalue weighted by atomic mass is 10.1. The Bertz CT molecular complexity index is 897. The SMILES string of the molecule is CC(=O)NC[C@H]1CN(c2ccc(N3CCN(C(=O)NC4CCCCCC4)CC3)c(F)c2)C(=O)O1. The van der Waals surface area contributed by atoms with Gasteiger partial charge in [-0.25, -0.2) is 14.0 Å². The van der Waals surface area contributed by atoms with Gasteiger partial charge in [0.05, 0.1) is 24.5 Å². The van der Waals surface area contributed by atoms with Gasteiger partial charge in [-0.3, -0.25) is 9.69 Å². The van der Waals surface area contributed by atoms with Crippen molar-refractivity contribution in [2.45, 2.75) is 57.6 Å². The number of nitrogens with one attached hydrogen (secondary N) is 2. The van der Waals surface area contributed by atoms with Crippen LogP contribution in [0.4, 0.5) is 25.4 Å². The topological polar surface area (TPSA) is 94.2 Å². The molecule has 34 heavy (non-hydrogen) atoms. The predicted octanol–water partition coefficient (Wildman–Crippen LogP) is 2.84. The molecule has 2 saturated heterocycles. The molecule has 1 saturated carbocycles. The summed E-state index contributed by atoms with van der Waals surface area (Å²) in [7, 11) is 0. The van der Waals surface area contributed by atoms with E-state index >= 15 is 0 Å². The normalized spacial score (nSPS) is 21.8. The number of nitrogens with zero attached hydrogens (tertiary/aromatic N) is 3. The molecule has 1 aromatic carbocycles. The van der Waals surface area contributed by atoms with E-state index in [1.807, 2.05) is 9.80 Å². The fraction of sp³-hybridized carbons (Fsp3) is 0.625. The highest BCUT2D eigenvalue weighted by Crippen LogP contribution is 2.28. The number of cyclic esters (lactones) is 1. The van der Waals surface area contributed by atoms with Crippen LogP contribution in [0.1, 0.15) is 45.4 Å². The number of ether oxygens (including phenoxy) is 1. The van der Waals surface area contributed by atoms with E-state index in [1.54, 1.807) is 12.1 Å². The molecule has 1 aromatic rings. The van der Waals surface area contributed by atoms with Gasteiger partial charge in [-0.15, -0.1) is 0 Å². The second-order valence-corrected chi connectivity index (χ2v) is 9.30. The van der Waals surface area contributed by atoms with Gasteiger partial charge < -0.3 is 25.2 Å². The molecular formula is C24H34FN5O4. The third kappa shape index (κ3) is 5.90. The first kappa shape index (κ1) is 24.1. The molecule has 2 N–H and O–H groups in total. The van der Waals surface area contributed by atoms with Crippen molar-refractivity contribution in [2.24, 2.45) is 0 Å². The first-order valence-electron chi connectivity index (χ1n) is 12.2. The van der Waals surface area contributed by atoms with Crippen LogP contribution in [-0.4, -0.2) is 74.3 Å². The number of urea groups is 1. The molecule has 2 aliphatic heterocycles. The highest BCUT2D eigenvalue weighted by molar-refractivity contribution is 5.90. The van der Waals surface area contributed by atoms with Gasteiger partial charge in [0.15, 0.2) is 0 Å². The smallest absolute Gasteiger partial charge is 0.414 e. The molecule has 0 spiro atoms. The van der Waals surface area contributed by atoms with Gasteiger partial charge in [0.1, 0.15) is 11.9 Å². The molecule has 2 heterocycles. The van der Waals surface area contributed by atoms with E-state index in [0.717, 1.165) is 12.8 Å². The number of carbonyl (C=O) groups is 3. The number of rotatable bonds is 5. The predicted molar refractivity (Wildman–Crippen MR) is 127 cm³/mol. The number of halogens is 1. The van der Waals surface area contributed by atoms with Crippen molar-refractivity contribution in [1.29, 1.82) is 0 Å². The molecule has 4 amide bonds. The second-order valence-electron chi connectivity index (χ2n) is 9.30. The van der Waals surface area contributed by atoms with Gasteiger partial charge in [0.2, 0.25) is 5.91 Å². The number of piperazine rings is 1. The number of carbonyl (C=O) groups excluding carboxylic acids is 3. The maximum atomic E-state index is 15.0. The molecule has 0 radical (unpaired) electrons. The van der Waals surface area contributed by atoms with E-state index in [9.17, 15) is 18.8 Å². The second kappa shape index (κ2) is 10.9. The third-order valence-corrected chi connectivity index (χ3v) is 6.79. The van der Waals surface area contributed by atoms with Crippen LogP contribution in [0.5, 0.6) is 0 Å². The minimum Gasteiger partial charge on any atom is -0.442 e. The quantitative estimate of drug-likeness (QED) is 0.639. The van der Waals surface area contributed by atoms with E-state index in [-0.39, 0.29) is 31.1 Å². The summed E-state index contributed by atoms with van der Waals surface area (Å²) >= 11 is 0. The van der Waals surface area contributed by atoms with Crippen LogP contribution in [0.25, 0.3) is 0 Å². The molecule has 10 heteroatoms. The first-order chi connectivity index (χ1) is 16.4. The van der Waals surface area contributed by atoms with Crippen LogP contribution in [0, 0.1) is 5.82 Å². The Morgan fingerprint density at radius 2 is 1.79 bits per heavy atom. The molecule has 0 unspecified atom stereocenters. The van der Waals surface area contributed by atoms with Gasteiger partial charge in [0, 0.05) is 39.1 Å². The van der Waals surface area contributed by atoms with Crippen molar-refractivity contribution in [2.75, 3.05) is 49.1 Å². The Labute approximate surface area is 199 Å². The van der Waals surface area contributed by atoms with Gasteiger partial charge >= 0.3 is 12.1 Å². The van der Waals surface area contributed by atoms with Crippen LogP contribution in [0.3, 0.4) is 0 Å². The summed E-state index contributed by atoms with van der Waals surface area (Å²) in [6, 6.07) is 4.94. The zero-order valence-corrected chi connectivity index (χ0v) is 19.7. The molecular weight excluding hydrogens is 441 g/mol. The van der Waals surface area contributed by atoms with Crippen LogP contribution in [-0.2, 0) is 9.53 Å². The summed E-state index contributed by atoms with van der Waals surface area (Å²) in [6.45, 7) is 4.00. The average Bonchev–Trinajstić information content (AvgIpc) is 3.01. The van der Waals surface area contributed by atoms with Gasteiger partial charge in [-0.1, -0.05) is 25.7 Å². The summed E-state index contributed by atoms with van der Waals surface area (Å²) in [5.41, 5.74) is 0.868. The van der Waals surface area contributed by atoms with Crippen LogP contribution in [0.15, 0.2) is 18.2 Å². The van der Waals surface area contributed by atoms with Crippen molar-refractivity contribution in [3.05, 3.63) is 24.0 Å². The lowest BCUT2D eigenvalue weighted by molar-refractivity contribution is -0.119. The van der Waals surface area contributed by atoms with Crippen molar-refractivity contribution in [1.82, 2.24) is 15.5 Å². The zero-order valence-electron chi connectivity index (χ0n) is 19.7. The highest BCUT2D eigenvalue weighted by Gasteiger charge is 2.33. The minimum atomic E-state index is -0.559. The maximum absolute atomic E-state index is 15.0. The summed E-state index contributed by atoms with van der Waals surface area (Å²) < 4.78 is 20.3. The van der Waals surface area contributed by atoms with E-state index in [4.69, 9.17) is 4.74 Å². The number of hydrogen-bond donors (Lipinski definition) is 2. The number of hydrogen-bond acceptors (Lipinski definition) is 5. The Morgan fingerprint density at radius 1 is 1.09 bits per heavy atom. The van der Waals surface area contributed by atoms with Crippen molar-refractivity contribution >= 4 is 29.4 Å². The molecule has 9 nitrogen and oxygen atoms in total. The minimum absolute atomic E-state index is 0.0243. The zero-order chi connectivity index (χ0) is 24.1. The largest absolute Gasteiger partial charge is 0.442 e. The summed E-state index contributed by atoms with van der Waals surface area (Å²) in [6.07, 6.45) is 5.87. The molecule has 4 rings (SSSR count). The molecule has 1 atom stereocenters. The fourth-order valence-corrected chi connectivity index (χ4v) is 4.86. The van der Waals surface area contributed by atoms with E-state index in [1.165, 1.54) is 43.6 Å². The lowest BCUT2D eigenvalue weighted by Gasteiger charge is -2.37. The van der Waals surface area contributed by atoms with Gasteiger partial charge in [-0.05, 0) is 31.0 Å². The molecule has 0 aromatic heterocycles. The average molecular weight is 476 g/mol. The third-order valence-electron chi connectivity index (χ3n) is 6.79. The maximum Gasteiger partial charge on any atom is 0.414 e. The Kier molecular flexibility index (Phi) is 7.74. The lowest BCUT2D eigenvalue weighted by Crippen LogP contribution is -2.53. The summed E-state index contributed by atoms with van der Waals surface area (Å²) in [5.74, 6) is -0.626. The molecule has 0 bridgehead atoms. The Hall–Kier alpha value is -3.04. The summed E-state index contributed by atoms with van der Waals surface area (Å²) in [5, 5.41) is 5.80. The molecule has 186 valence electrons. The van der Waals surface area contributed by atoms with Crippen LogP contribution < -0.4 is 20.4 Å². The fourth-order valence-electron chi connectivity index (χ4n) is 4.86. The Morgan fingerprint density at radius 3 is 2.44 bits per heavy atom. The molecule has 3 aliphatic rings. The van der Waals surface area contributed by atoms with Crippen LogP contribution in [0.2, 0.25) is 0 Å². The number of anilines is 2. The summed E-state index contributed by atoms with van der Waals surface area (Å²) in [4.78, 5) is 41.1.